The number of phenols is 1. The summed E-state index contributed by atoms with van der Waals surface area (Å²) in [4.78, 5) is 0. The monoisotopic (exact) mass is 279 g/mol. The molecule has 2 N–H and O–H groups in total. The van der Waals surface area contributed by atoms with Crippen LogP contribution in [-0.4, -0.2) is 11.1 Å². The van der Waals surface area contributed by atoms with Crippen LogP contribution in [0.4, 0.5) is 4.39 Å². The van der Waals surface area contributed by atoms with Crippen LogP contribution in [0.25, 0.3) is 0 Å². The fourth-order valence-corrected chi connectivity index (χ4v) is 3.44. The molecule has 0 aliphatic heterocycles. The molecule has 3 heteroatoms. The fraction of sp³-hybridized carbons (Fsp3) is 0.647. The summed E-state index contributed by atoms with van der Waals surface area (Å²) in [6, 6.07) is 4.85. The Morgan fingerprint density at radius 2 is 1.90 bits per heavy atom. The minimum atomic E-state index is -0.332. The highest BCUT2D eigenvalue weighted by Gasteiger charge is 2.28. The van der Waals surface area contributed by atoms with Crippen molar-refractivity contribution in [3.8, 4) is 5.75 Å². The predicted octanol–water partition coefficient (Wildman–Crippen LogP) is 4.40. The van der Waals surface area contributed by atoms with Crippen LogP contribution in [0.1, 0.15) is 58.1 Å². The van der Waals surface area contributed by atoms with E-state index in [9.17, 15) is 9.50 Å². The van der Waals surface area contributed by atoms with Crippen LogP contribution in [-0.2, 0) is 0 Å². The number of aromatic hydroxyl groups is 1. The first-order chi connectivity index (χ1) is 9.49. The van der Waals surface area contributed by atoms with Gasteiger partial charge in [0.2, 0.25) is 0 Å². The van der Waals surface area contributed by atoms with Gasteiger partial charge in [-0.1, -0.05) is 32.8 Å². The maximum absolute atomic E-state index is 13.9. The van der Waals surface area contributed by atoms with Crippen molar-refractivity contribution in [2.75, 3.05) is 0 Å². The number of benzene rings is 1. The van der Waals surface area contributed by atoms with Crippen molar-refractivity contribution in [3.05, 3.63) is 29.6 Å². The Hall–Kier alpha value is -1.09. The molecule has 1 aliphatic rings. The number of phenolic OH excluding ortho intramolecular Hbond substituents is 1. The zero-order valence-electron chi connectivity index (χ0n) is 12.7. The van der Waals surface area contributed by atoms with Gasteiger partial charge in [-0.15, -0.1) is 0 Å². The molecule has 0 bridgehead atoms. The summed E-state index contributed by atoms with van der Waals surface area (Å²) in [5, 5.41) is 12.9. The Bertz CT molecular complexity index is 447. The summed E-state index contributed by atoms with van der Waals surface area (Å²) in [5.41, 5.74) is 0.635. The molecule has 1 saturated carbocycles. The SMILES string of the molecule is CC(NC1CCCCC1C(C)C)c1ccc(O)cc1F. The Balaban J connectivity index is 2.07. The lowest BCUT2D eigenvalue weighted by Crippen LogP contribution is -2.42. The largest absolute Gasteiger partial charge is 0.508 e. The van der Waals surface area contributed by atoms with Crippen LogP contribution in [0.5, 0.6) is 5.75 Å². The summed E-state index contributed by atoms with van der Waals surface area (Å²) in [6.07, 6.45) is 5.00. The third-order valence-corrected chi connectivity index (χ3v) is 4.59. The Kier molecular flexibility index (Phi) is 5.03. The second-order valence-corrected chi connectivity index (χ2v) is 6.39. The Morgan fingerprint density at radius 3 is 2.55 bits per heavy atom. The summed E-state index contributed by atoms with van der Waals surface area (Å²) in [5.74, 6) is 0.981. The van der Waals surface area contributed by atoms with Gasteiger partial charge in [0.15, 0.2) is 0 Å². The third-order valence-electron chi connectivity index (χ3n) is 4.59. The van der Waals surface area contributed by atoms with E-state index in [2.05, 4.69) is 19.2 Å². The summed E-state index contributed by atoms with van der Waals surface area (Å²) in [6.45, 7) is 6.55. The molecular weight excluding hydrogens is 253 g/mol. The highest BCUT2D eigenvalue weighted by atomic mass is 19.1. The second-order valence-electron chi connectivity index (χ2n) is 6.39. The second kappa shape index (κ2) is 6.57. The standard InChI is InChI=1S/C17H26FNO/c1-11(2)14-6-4-5-7-17(14)19-12(3)15-9-8-13(20)10-16(15)18/h8-12,14,17,19-20H,4-7H2,1-3H3. The number of rotatable bonds is 4. The Labute approximate surface area is 121 Å². The highest BCUT2D eigenvalue weighted by molar-refractivity contribution is 5.29. The fourth-order valence-electron chi connectivity index (χ4n) is 3.44. The van der Waals surface area contributed by atoms with Crippen LogP contribution in [0.15, 0.2) is 18.2 Å². The van der Waals surface area contributed by atoms with E-state index < -0.39 is 0 Å². The molecule has 0 saturated heterocycles. The molecule has 1 aliphatic carbocycles. The van der Waals surface area contributed by atoms with Crippen LogP contribution in [0.2, 0.25) is 0 Å². The van der Waals surface area contributed by atoms with Crippen molar-refractivity contribution < 1.29 is 9.50 Å². The molecule has 2 nitrogen and oxygen atoms in total. The van der Waals surface area contributed by atoms with Crippen LogP contribution in [0, 0.1) is 17.7 Å². The Morgan fingerprint density at radius 1 is 1.20 bits per heavy atom. The van der Waals surface area contributed by atoms with E-state index in [4.69, 9.17) is 0 Å². The molecule has 0 aromatic heterocycles. The molecule has 0 radical (unpaired) electrons. The maximum Gasteiger partial charge on any atom is 0.131 e. The van der Waals surface area contributed by atoms with Crippen molar-refractivity contribution in [3.63, 3.8) is 0 Å². The summed E-state index contributed by atoms with van der Waals surface area (Å²) < 4.78 is 13.9. The first kappa shape index (κ1) is 15.3. The molecule has 1 fully saturated rings. The van der Waals surface area contributed by atoms with Gasteiger partial charge in [0.25, 0.3) is 0 Å². The average molecular weight is 279 g/mol. The van der Waals surface area contributed by atoms with Gasteiger partial charge in [-0.3, -0.25) is 0 Å². The van der Waals surface area contributed by atoms with Crippen molar-refractivity contribution in [1.82, 2.24) is 5.32 Å². The van der Waals surface area contributed by atoms with E-state index in [1.54, 1.807) is 12.1 Å². The lowest BCUT2D eigenvalue weighted by atomic mass is 9.77. The number of hydrogen-bond acceptors (Lipinski definition) is 2. The lowest BCUT2D eigenvalue weighted by Gasteiger charge is -2.37. The lowest BCUT2D eigenvalue weighted by molar-refractivity contribution is 0.194. The van der Waals surface area contributed by atoms with Gasteiger partial charge in [0.1, 0.15) is 11.6 Å². The van der Waals surface area contributed by atoms with Crippen LogP contribution >= 0.6 is 0 Å². The van der Waals surface area contributed by atoms with E-state index in [0.717, 1.165) is 0 Å². The highest BCUT2D eigenvalue weighted by Crippen LogP contribution is 2.32. The number of hydrogen-bond donors (Lipinski definition) is 2. The zero-order chi connectivity index (χ0) is 14.7. The van der Waals surface area contributed by atoms with Gasteiger partial charge in [0, 0.05) is 23.7 Å². The number of halogens is 1. The van der Waals surface area contributed by atoms with E-state index in [0.29, 0.717) is 23.4 Å². The van der Waals surface area contributed by atoms with Gasteiger partial charge in [-0.25, -0.2) is 4.39 Å². The van der Waals surface area contributed by atoms with E-state index >= 15 is 0 Å². The predicted molar refractivity (Wildman–Crippen MR) is 80.2 cm³/mol. The molecule has 112 valence electrons. The van der Waals surface area contributed by atoms with Crippen LogP contribution < -0.4 is 5.32 Å². The van der Waals surface area contributed by atoms with Gasteiger partial charge in [0.05, 0.1) is 0 Å². The minimum Gasteiger partial charge on any atom is -0.508 e. The van der Waals surface area contributed by atoms with E-state index in [1.807, 2.05) is 6.92 Å². The van der Waals surface area contributed by atoms with Crippen molar-refractivity contribution in [2.24, 2.45) is 11.8 Å². The quantitative estimate of drug-likeness (QED) is 0.856. The molecule has 2 rings (SSSR count). The van der Waals surface area contributed by atoms with Crippen LogP contribution in [0.3, 0.4) is 0 Å². The summed E-state index contributed by atoms with van der Waals surface area (Å²) >= 11 is 0. The van der Waals surface area contributed by atoms with E-state index in [-0.39, 0.29) is 17.6 Å². The molecular formula is C17H26FNO. The first-order valence-corrected chi connectivity index (χ1v) is 7.73. The molecule has 1 aromatic carbocycles. The molecule has 3 atom stereocenters. The molecule has 0 spiro atoms. The topological polar surface area (TPSA) is 32.3 Å². The maximum atomic E-state index is 13.9. The van der Waals surface area contributed by atoms with Crippen molar-refractivity contribution >= 4 is 0 Å². The average Bonchev–Trinajstić information content (AvgIpc) is 2.38. The van der Waals surface area contributed by atoms with Crippen molar-refractivity contribution in [1.29, 1.82) is 0 Å². The summed E-state index contributed by atoms with van der Waals surface area (Å²) in [7, 11) is 0. The first-order valence-electron chi connectivity index (χ1n) is 7.73. The van der Waals surface area contributed by atoms with Gasteiger partial charge in [-0.2, -0.15) is 0 Å². The number of nitrogens with one attached hydrogen (secondary N) is 1. The zero-order valence-corrected chi connectivity index (χ0v) is 12.7. The van der Waals surface area contributed by atoms with Gasteiger partial charge >= 0.3 is 0 Å². The van der Waals surface area contributed by atoms with Gasteiger partial charge in [-0.05, 0) is 37.7 Å². The molecule has 3 unspecified atom stereocenters. The normalized spacial score (nSPS) is 24.9. The third kappa shape index (κ3) is 3.51. The van der Waals surface area contributed by atoms with E-state index in [1.165, 1.54) is 31.7 Å². The molecule has 20 heavy (non-hydrogen) atoms. The molecule has 0 amide bonds. The molecule has 0 heterocycles. The minimum absolute atomic E-state index is 0.0174. The molecule has 1 aromatic rings. The van der Waals surface area contributed by atoms with Crippen molar-refractivity contribution in [2.45, 2.75) is 58.5 Å². The smallest absolute Gasteiger partial charge is 0.131 e. The van der Waals surface area contributed by atoms with Gasteiger partial charge < -0.3 is 10.4 Å².